The molecule has 0 saturated heterocycles. The third-order valence-electron chi connectivity index (χ3n) is 3.39. The van der Waals surface area contributed by atoms with Crippen molar-refractivity contribution in [1.82, 2.24) is 10.6 Å². The average molecular weight is 343 g/mol. The summed E-state index contributed by atoms with van der Waals surface area (Å²) in [6, 6.07) is 11.4. The summed E-state index contributed by atoms with van der Waals surface area (Å²) in [5.41, 5.74) is 1.09. The molecule has 7 heteroatoms. The Morgan fingerprint density at radius 2 is 1.76 bits per heavy atom. The maximum Gasteiger partial charge on any atom is 0.254 e. The lowest BCUT2D eigenvalue weighted by Gasteiger charge is -2.07. The van der Waals surface area contributed by atoms with E-state index in [1.165, 1.54) is 0 Å². The lowest BCUT2D eigenvalue weighted by atomic mass is 10.1. The van der Waals surface area contributed by atoms with E-state index in [0.29, 0.717) is 18.2 Å². The lowest BCUT2D eigenvalue weighted by Crippen LogP contribution is -2.31. The summed E-state index contributed by atoms with van der Waals surface area (Å²) in [7, 11) is 0. The molecule has 2 aromatic carbocycles. The summed E-state index contributed by atoms with van der Waals surface area (Å²) in [6.45, 7) is 0.319. The summed E-state index contributed by atoms with van der Waals surface area (Å²) < 4.78 is 26.2. The highest BCUT2D eigenvalue weighted by atomic mass is 19.1. The number of halogens is 2. The van der Waals surface area contributed by atoms with Crippen molar-refractivity contribution < 1.29 is 18.4 Å². The molecule has 0 unspecified atom stereocenters. The van der Waals surface area contributed by atoms with Crippen LogP contribution in [0.3, 0.4) is 0 Å². The van der Waals surface area contributed by atoms with Gasteiger partial charge in [0.05, 0.1) is 17.2 Å². The molecule has 0 fully saturated rings. The first-order chi connectivity index (χ1) is 12.0. The number of rotatable bonds is 6. The minimum atomic E-state index is -0.956. The van der Waals surface area contributed by atoms with Crippen molar-refractivity contribution in [2.75, 3.05) is 6.54 Å². The molecule has 2 amide bonds. The SMILES string of the molecule is N#Cc1ccc(CNC(=O)CCNC(=O)c2ccc(F)cc2F)cc1. The largest absolute Gasteiger partial charge is 0.352 e. The number of nitriles is 1. The predicted octanol–water partition coefficient (Wildman–Crippen LogP) is 2.27. The summed E-state index contributed by atoms with van der Waals surface area (Å²) in [5.74, 6) is -2.72. The molecule has 5 nitrogen and oxygen atoms in total. The zero-order valence-electron chi connectivity index (χ0n) is 13.2. The molecular weight excluding hydrogens is 328 g/mol. The van der Waals surface area contributed by atoms with Crippen molar-refractivity contribution in [3.63, 3.8) is 0 Å². The first kappa shape index (κ1) is 18.1. The van der Waals surface area contributed by atoms with Gasteiger partial charge in [0.25, 0.3) is 5.91 Å². The van der Waals surface area contributed by atoms with Gasteiger partial charge < -0.3 is 10.6 Å². The van der Waals surface area contributed by atoms with Gasteiger partial charge in [0.2, 0.25) is 5.91 Å². The molecule has 2 aromatic rings. The highest BCUT2D eigenvalue weighted by Crippen LogP contribution is 2.09. The maximum absolute atomic E-state index is 13.4. The van der Waals surface area contributed by atoms with E-state index in [-0.39, 0.29) is 24.4 Å². The molecule has 0 aliphatic carbocycles. The van der Waals surface area contributed by atoms with Crippen LogP contribution >= 0.6 is 0 Å². The first-order valence-corrected chi connectivity index (χ1v) is 7.48. The van der Waals surface area contributed by atoms with Crippen molar-refractivity contribution in [2.45, 2.75) is 13.0 Å². The number of hydrogen-bond acceptors (Lipinski definition) is 3. The molecule has 2 rings (SSSR count). The van der Waals surface area contributed by atoms with Gasteiger partial charge in [0, 0.05) is 25.6 Å². The van der Waals surface area contributed by atoms with Gasteiger partial charge in [-0.15, -0.1) is 0 Å². The molecule has 0 aliphatic heterocycles. The van der Waals surface area contributed by atoms with E-state index < -0.39 is 17.5 Å². The molecule has 128 valence electrons. The lowest BCUT2D eigenvalue weighted by molar-refractivity contribution is -0.121. The monoisotopic (exact) mass is 343 g/mol. The number of carbonyl (C=O) groups is 2. The molecule has 0 aliphatic rings. The molecule has 0 bridgehead atoms. The number of nitrogens with zero attached hydrogens (tertiary/aromatic N) is 1. The van der Waals surface area contributed by atoms with E-state index in [1.807, 2.05) is 6.07 Å². The Morgan fingerprint density at radius 1 is 1.04 bits per heavy atom. The van der Waals surface area contributed by atoms with E-state index in [1.54, 1.807) is 24.3 Å². The number of benzene rings is 2. The van der Waals surface area contributed by atoms with Crippen LogP contribution in [0.2, 0.25) is 0 Å². The average Bonchev–Trinajstić information content (AvgIpc) is 2.60. The smallest absolute Gasteiger partial charge is 0.254 e. The van der Waals surface area contributed by atoms with Crippen LogP contribution in [0.5, 0.6) is 0 Å². The molecular formula is C18H15F2N3O2. The minimum Gasteiger partial charge on any atom is -0.352 e. The number of carbonyl (C=O) groups excluding carboxylic acids is 2. The summed E-state index contributed by atoms with van der Waals surface area (Å²) >= 11 is 0. The number of hydrogen-bond donors (Lipinski definition) is 2. The zero-order valence-corrected chi connectivity index (χ0v) is 13.2. The Balaban J connectivity index is 1.74. The van der Waals surface area contributed by atoms with Crippen molar-refractivity contribution >= 4 is 11.8 Å². The Kier molecular flexibility index (Phi) is 6.18. The molecule has 0 aromatic heterocycles. The second-order valence-corrected chi connectivity index (χ2v) is 5.22. The van der Waals surface area contributed by atoms with Crippen LogP contribution in [0.1, 0.15) is 27.9 Å². The predicted molar refractivity (Wildman–Crippen MR) is 86.3 cm³/mol. The minimum absolute atomic E-state index is 0.0187. The topological polar surface area (TPSA) is 82.0 Å². The molecule has 25 heavy (non-hydrogen) atoms. The molecule has 0 spiro atoms. The van der Waals surface area contributed by atoms with Gasteiger partial charge in [-0.1, -0.05) is 12.1 Å². The normalized spacial score (nSPS) is 9.96. The van der Waals surface area contributed by atoms with Crippen LogP contribution in [0.25, 0.3) is 0 Å². The van der Waals surface area contributed by atoms with Gasteiger partial charge >= 0.3 is 0 Å². The third kappa shape index (κ3) is 5.39. The molecule has 2 N–H and O–H groups in total. The quantitative estimate of drug-likeness (QED) is 0.844. The summed E-state index contributed by atoms with van der Waals surface area (Å²) in [4.78, 5) is 23.5. The molecule has 0 radical (unpaired) electrons. The van der Waals surface area contributed by atoms with Gasteiger partial charge in [0.15, 0.2) is 0 Å². The van der Waals surface area contributed by atoms with E-state index in [2.05, 4.69) is 10.6 Å². The van der Waals surface area contributed by atoms with Crippen LogP contribution in [0, 0.1) is 23.0 Å². The van der Waals surface area contributed by atoms with Crippen LogP contribution in [-0.4, -0.2) is 18.4 Å². The van der Waals surface area contributed by atoms with E-state index >= 15 is 0 Å². The Morgan fingerprint density at radius 3 is 2.40 bits per heavy atom. The summed E-state index contributed by atoms with van der Waals surface area (Å²) in [5, 5.41) is 13.8. The van der Waals surface area contributed by atoms with Crippen LogP contribution in [0.15, 0.2) is 42.5 Å². The second-order valence-electron chi connectivity index (χ2n) is 5.22. The van der Waals surface area contributed by atoms with Crippen molar-refractivity contribution in [1.29, 1.82) is 5.26 Å². The molecule has 0 atom stereocenters. The Bertz CT molecular complexity index is 814. The number of amides is 2. The highest BCUT2D eigenvalue weighted by Gasteiger charge is 2.12. The van der Waals surface area contributed by atoms with Crippen molar-refractivity contribution in [3.8, 4) is 6.07 Å². The van der Waals surface area contributed by atoms with Crippen molar-refractivity contribution in [3.05, 3.63) is 70.8 Å². The highest BCUT2D eigenvalue weighted by molar-refractivity contribution is 5.94. The first-order valence-electron chi connectivity index (χ1n) is 7.48. The fraction of sp³-hybridized carbons (Fsp3) is 0.167. The van der Waals surface area contributed by atoms with E-state index in [0.717, 1.165) is 17.7 Å². The standard InChI is InChI=1S/C18H15F2N3O2/c19-14-5-6-15(16(20)9-14)18(25)22-8-7-17(24)23-11-13-3-1-12(10-21)2-4-13/h1-6,9H,7-8,11H2,(H,22,25)(H,23,24). The van der Waals surface area contributed by atoms with Crippen LogP contribution in [-0.2, 0) is 11.3 Å². The zero-order chi connectivity index (χ0) is 18.2. The fourth-order valence-corrected chi connectivity index (χ4v) is 2.04. The van der Waals surface area contributed by atoms with Gasteiger partial charge in [-0.05, 0) is 29.8 Å². The Labute approximate surface area is 143 Å². The van der Waals surface area contributed by atoms with Crippen LogP contribution in [0.4, 0.5) is 8.78 Å². The second kappa shape index (κ2) is 8.55. The van der Waals surface area contributed by atoms with Gasteiger partial charge in [0.1, 0.15) is 11.6 Å². The fourth-order valence-electron chi connectivity index (χ4n) is 2.04. The number of nitrogens with one attached hydrogen (secondary N) is 2. The Hall–Kier alpha value is -3.27. The maximum atomic E-state index is 13.4. The molecule has 0 saturated carbocycles. The van der Waals surface area contributed by atoms with E-state index in [4.69, 9.17) is 5.26 Å². The van der Waals surface area contributed by atoms with Gasteiger partial charge in [-0.3, -0.25) is 9.59 Å². The molecule has 0 heterocycles. The van der Waals surface area contributed by atoms with Gasteiger partial charge in [-0.25, -0.2) is 8.78 Å². The van der Waals surface area contributed by atoms with Crippen LogP contribution < -0.4 is 10.6 Å². The van der Waals surface area contributed by atoms with Crippen molar-refractivity contribution in [2.24, 2.45) is 0 Å². The van der Waals surface area contributed by atoms with Gasteiger partial charge in [-0.2, -0.15) is 5.26 Å². The van der Waals surface area contributed by atoms with E-state index in [9.17, 15) is 18.4 Å². The third-order valence-corrected chi connectivity index (χ3v) is 3.39. The summed E-state index contributed by atoms with van der Waals surface area (Å²) in [6.07, 6.45) is 0.0187.